The first kappa shape index (κ1) is 21.9. The Morgan fingerprint density at radius 3 is 1.97 bits per heavy atom. The van der Waals surface area contributed by atoms with Crippen molar-refractivity contribution < 1.29 is 14.4 Å². The van der Waals surface area contributed by atoms with E-state index in [4.69, 9.17) is 23.2 Å². The highest BCUT2D eigenvalue weighted by atomic mass is 35.5. The van der Waals surface area contributed by atoms with Crippen molar-refractivity contribution >= 4 is 40.9 Å². The van der Waals surface area contributed by atoms with Crippen molar-refractivity contribution in [2.24, 2.45) is 11.8 Å². The highest BCUT2D eigenvalue weighted by Gasteiger charge is 2.34. The zero-order valence-corrected chi connectivity index (χ0v) is 18.4. The first-order valence-electron chi connectivity index (χ1n) is 10.0. The van der Waals surface area contributed by atoms with Gasteiger partial charge in [0.25, 0.3) is 0 Å². The topological polar surface area (TPSA) is 60.9 Å². The van der Waals surface area contributed by atoms with Crippen molar-refractivity contribution in [2.75, 3.05) is 40.3 Å². The van der Waals surface area contributed by atoms with Gasteiger partial charge in [-0.15, -0.1) is 0 Å². The minimum absolute atomic E-state index is 0.00229. The summed E-state index contributed by atoms with van der Waals surface area (Å²) in [7, 11) is 3.48. The van der Waals surface area contributed by atoms with Gasteiger partial charge in [-0.05, 0) is 43.9 Å². The fourth-order valence-corrected chi connectivity index (χ4v) is 4.40. The van der Waals surface area contributed by atoms with Crippen LogP contribution in [0.25, 0.3) is 0 Å². The third-order valence-electron chi connectivity index (χ3n) is 5.88. The van der Waals surface area contributed by atoms with Crippen LogP contribution in [-0.4, -0.2) is 72.7 Å². The van der Waals surface area contributed by atoms with Crippen LogP contribution in [0.5, 0.6) is 0 Å². The van der Waals surface area contributed by atoms with Crippen molar-refractivity contribution in [1.82, 2.24) is 14.7 Å². The molecule has 0 bridgehead atoms. The fraction of sp³-hybridized carbons (Fsp3) is 0.571. The molecule has 2 aliphatic heterocycles. The normalized spacial score (nSPS) is 18.6. The van der Waals surface area contributed by atoms with Crippen LogP contribution >= 0.6 is 23.2 Å². The molecule has 0 N–H and O–H groups in total. The van der Waals surface area contributed by atoms with E-state index in [-0.39, 0.29) is 29.6 Å². The molecule has 0 saturated carbocycles. The average molecular weight is 440 g/mol. The van der Waals surface area contributed by atoms with Crippen molar-refractivity contribution in [3.05, 3.63) is 33.8 Å². The van der Waals surface area contributed by atoms with Crippen LogP contribution < -0.4 is 0 Å². The molecule has 6 nitrogen and oxygen atoms in total. The van der Waals surface area contributed by atoms with Gasteiger partial charge in [0.05, 0.1) is 10.0 Å². The molecule has 0 unspecified atom stereocenters. The molecule has 0 atom stereocenters. The van der Waals surface area contributed by atoms with E-state index >= 15 is 0 Å². The van der Waals surface area contributed by atoms with Crippen molar-refractivity contribution in [3.8, 4) is 0 Å². The number of hydrogen-bond acceptors (Lipinski definition) is 3. The Labute approximate surface area is 181 Å². The summed E-state index contributed by atoms with van der Waals surface area (Å²) in [4.78, 5) is 42.9. The number of likely N-dealkylation sites (tertiary alicyclic amines) is 2. The Morgan fingerprint density at radius 2 is 1.41 bits per heavy atom. The number of carbonyl (C=O) groups excluding carboxylic acids is 3. The zero-order valence-electron chi connectivity index (χ0n) is 16.9. The molecule has 2 saturated heterocycles. The van der Waals surface area contributed by atoms with E-state index in [2.05, 4.69) is 0 Å². The highest BCUT2D eigenvalue weighted by molar-refractivity contribution is 6.42. The summed E-state index contributed by atoms with van der Waals surface area (Å²) in [5, 5.41) is 0.811. The first-order valence-corrected chi connectivity index (χ1v) is 10.8. The molecule has 0 spiro atoms. The Hall–Kier alpha value is -1.79. The Morgan fingerprint density at radius 1 is 0.862 bits per heavy atom. The number of benzene rings is 1. The summed E-state index contributed by atoms with van der Waals surface area (Å²) in [5.41, 5.74) is 0.571. The quantitative estimate of drug-likeness (QED) is 0.672. The van der Waals surface area contributed by atoms with Gasteiger partial charge in [0, 0.05) is 57.7 Å². The monoisotopic (exact) mass is 439 g/mol. The van der Waals surface area contributed by atoms with E-state index in [0.29, 0.717) is 67.5 Å². The van der Waals surface area contributed by atoms with Gasteiger partial charge in [-0.1, -0.05) is 23.2 Å². The largest absolute Gasteiger partial charge is 0.342 e. The van der Waals surface area contributed by atoms with Crippen LogP contribution in [0.3, 0.4) is 0 Å². The third-order valence-corrected chi connectivity index (χ3v) is 6.62. The molecule has 1 aromatic carbocycles. The summed E-state index contributed by atoms with van der Waals surface area (Å²) in [6.45, 7) is 2.40. The minimum atomic E-state index is -0.101. The number of amides is 3. The first-order chi connectivity index (χ1) is 13.8. The predicted molar refractivity (Wildman–Crippen MR) is 113 cm³/mol. The van der Waals surface area contributed by atoms with Gasteiger partial charge in [-0.2, -0.15) is 0 Å². The van der Waals surface area contributed by atoms with Crippen LogP contribution in [-0.2, 0) is 4.79 Å². The molecule has 3 amide bonds. The fourth-order valence-electron chi connectivity index (χ4n) is 4.11. The molecule has 0 aromatic heterocycles. The summed E-state index contributed by atoms with van der Waals surface area (Å²) in [6.07, 6.45) is 2.70. The molecule has 8 heteroatoms. The lowest BCUT2D eigenvalue weighted by molar-refractivity contribution is -0.138. The van der Waals surface area contributed by atoms with Crippen molar-refractivity contribution in [3.63, 3.8) is 0 Å². The van der Waals surface area contributed by atoms with Gasteiger partial charge in [0.1, 0.15) is 0 Å². The van der Waals surface area contributed by atoms with Crippen LogP contribution in [0.4, 0.5) is 4.79 Å². The Balaban J connectivity index is 1.50. The molecule has 2 aliphatic rings. The van der Waals surface area contributed by atoms with Crippen LogP contribution in [0, 0.1) is 11.8 Å². The number of urea groups is 1. The Kier molecular flexibility index (Phi) is 7.06. The second kappa shape index (κ2) is 9.35. The maximum Gasteiger partial charge on any atom is 0.319 e. The van der Waals surface area contributed by atoms with Crippen molar-refractivity contribution in [1.29, 1.82) is 0 Å². The predicted octanol–water partition coefficient (Wildman–Crippen LogP) is 3.81. The minimum Gasteiger partial charge on any atom is -0.342 e. The summed E-state index contributed by atoms with van der Waals surface area (Å²) in [5.74, 6) is 0.0768. The van der Waals surface area contributed by atoms with Gasteiger partial charge in [-0.25, -0.2) is 4.79 Å². The smallest absolute Gasteiger partial charge is 0.319 e. The molecule has 1 aromatic rings. The van der Waals surface area contributed by atoms with Crippen molar-refractivity contribution in [2.45, 2.75) is 25.7 Å². The number of carbonyl (C=O) groups is 3. The molecule has 0 radical (unpaired) electrons. The number of rotatable bonds is 3. The SMILES string of the molecule is CN(C)C(=O)N1CCC(C(=O)N2CCC(C(=O)c3ccc(Cl)c(Cl)c3)CC2)CC1. The Bertz CT molecular complexity index is 783. The van der Waals surface area contributed by atoms with Gasteiger partial charge in [0.15, 0.2) is 5.78 Å². The van der Waals surface area contributed by atoms with E-state index in [0.717, 1.165) is 0 Å². The van der Waals surface area contributed by atoms with E-state index < -0.39 is 0 Å². The van der Waals surface area contributed by atoms with Gasteiger partial charge in [0.2, 0.25) is 5.91 Å². The number of ketones is 1. The molecule has 0 aliphatic carbocycles. The molecule has 158 valence electrons. The maximum absolute atomic E-state index is 12.9. The molecular formula is C21H27Cl2N3O3. The lowest BCUT2D eigenvalue weighted by Gasteiger charge is -2.37. The number of piperidine rings is 2. The lowest BCUT2D eigenvalue weighted by atomic mass is 9.87. The molecular weight excluding hydrogens is 413 g/mol. The van der Waals surface area contributed by atoms with Gasteiger partial charge >= 0.3 is 6.03 Å². The van der Waals surface area contributed by atoms with E-state index in [1.165, 1.54) is 0 Å². The third kappa shape index (κ3) is 5.04. The summed E-state index contributed by atoms with van der Waals surface area (Å²) < 4.78 is 0. The molecule has 3 rings (SSSR count). The lowest BCUT2D eigenvalue weighted by Crippen LogP contribution is -2.48. The standard InChI is InChI=1S/C21H27Cl2N3O3/c1-24(2)21(29)26-11-7-15(8-12-26)20(28)25-9-5-14(6-10-25)19(27)16-3-4-17(22)18(23)13-16/h3-4,13-15H,5-12H2,1-2H3. The summed E-state index contributed by atoms with van der Waals surface area (Å²) in [6, 6.07) is 4.96. The molecule has 29 heavy (non-hydrogen) atoms. The zero-order chi connectivity index (χ0) is 21.1. The maximum atomic E-state index is 12.9. The number of hydrogen-bond donors (Lipinski definition) is 0. The van der Waals surface area contributed by atoms with Gasteiger partial charge < -0.3 is 14.7 Å². The number of halogens is 2. The molecule has 2 heterocycles. The van der Waals surface area contributed by atoms with E-state index in [1.54, 1.807) is 42.1 Å². The highest BCUT2D eigenvalue weighted by Crippen LogP contribution is 2.28. The number of Topliss-reactive ketones (excluding diaryl/α,β-unsaturated/α-hetero) is 1. The van der Waals surface area contributed by atoms with Crippen LogP contribution in [0.15, 0.2) is 18.2 Å². The van der Waals surface area contributed by atoms with Gasteiger partial charge in [-0.3, -0.25) is 9.59 Å². The van der Waals surface area contributed by atoms with E-state index in [1.807, 2.05) is 4.90 Å². The van der Waals surface area contributed by atoms with Crippen LogP contribution in [0.1, 0.15) is 36.0 Å². The second-order valence-electron chi connectivity index (χ2n) is 8.03. The molecule has 2 fully saturated rings. The number of nitrogens with zero attached hydrogens (tertiary/aromatic N) is 3. The summed E-state index contributed by atoms with van der Waals surface area (Å²) >= 11 is 12.0. The second-order valence-corrected chi connectivity index (χ2v) is 8.85. The van der Waals surface area contributed by atoms with Crippen LogP contribution in [0.2, 0.25) is 10.0 Å². The van der Waals surface area contributed by atoms with E-state index in [9.17, 15) is 14.4 Å². The average Bonchev–Trinajstić information content (AvgIpc) is 2.74.